The number of carbonyl (C=O) groups is 2. The highest BCUT2D eigenvalue weighted by Crippen LogP contribution is 2.24. The normalized spacial score (nSPS) is 14.9. The van der Waals surface area contributed by atoms with Crippen molar-refractivity contribution in [3.63, 3.8) is 0 Å². The van der Waals surface area contributed by atoms with Gasteiger partial charge in [-0.3, -0.25) is 4.79 Å². The first-order chi connectivity index (χ1) is 13.9. The van der Waals surface area contributed by atoms with E-state index in [1.54, 1.807) is 43.4 Å². The van der Waals surface area contributed by atoms with Crippen molar-refractivity contribution in [2.24, 2.45) is 0 Å². The second-order valence-electron chi connectivity index (χ2n) is 6.83. The molecular formula is C21H24N2O5S. The van der Waals surface area contributed by atoms with Crippen molar-refractivity contribution < 1.29 is 22.7 Å². The third-order valence-corrected chi connectivity index (χ3v) is 6.84. The largest absolute Gasteiger partial charge is 0.452 e. The van der Waals surface area contributed by atoms with E-state index >= 15 is 0 Å². The maximum absolute atomic E-state index is 13.0. The number of esters is 1. The Kier molecular flexibility index (Phi) is 6.66. The second kappa shape index (κ2) is 9.19. The van der Waals surface area contributed by atoms with E-state index in [2.05, 4.69) is 0 Å². The summed E-state index contributed by atoms with van der Waals surface area (Å²) in [5.74, 6) is -1.25. The number of ether oxygens (including phenoxy) is 1. The molecule has 1 saturated heterocycles. The molecule has 3 rings (SSSR count). The lowest BCUT2D eigenvalue weighted by atomic mass is 10.2. The first kappa shape index (κ1) is 21.0. The number of rotatable bonds is 6. The van der Waals surface area contributed by atoms with Gasteiger partial charge in [0.1, 0.15) is 0 Å². The molecule has 0 aliphatic carbocycles. The van der Waals surface area contributed by atoms with Crippen LogP contribution >= 0.6 is 0 Å². The van der Waals surface area contributed by atoms with Crippen LogP contribution in [0, 0.1) is 0 Å². The Morgan fingerprint density at radius 2 is 1.59 bits per heavy atom. The van der Waals surface area contributed by atoms with E-state index in [-0.39, 0.29) is 10.5 Å². The highest BCUT2D eigenvalue weighted by atomic mass is 32.2. The van der Waals surface area contributed by atoms with Crippen molar-refractivity contribution >= 4 is 27.6 Å². The molecule has 0 aromatic heterocycles. The minimum atomic E-state index is -3.80. The third kappa shape index (κ3) is 4.83. The molecule has 154 valence electrons. The molecule has 0 N–H and O–H groups in total. The van der Waals surface area contributed by atoms with Crippen molar-refractivity contribution in [3.05, 3.63) is 60.2 Å². The summed E-state index contributed by atoms with van der Waals surface area (Å²) >= 11 is 0. The number of piperidine rings is 1. The van der Waals surface area contributed by atoms with Gasteiger partial charge in [0.15, 0.2) is 6.61 Å². The number of sulfonamides is 1. The third-order valence-electron chi connectivity index (χ3n) is 4.88. The van der Waals surface area contributed by atoms with Crippen LogP contribution in [0.4, 0.5) is 5.69 Å². The molecular weight excluding hydrogens is 392 g/mol. The van der Waals surface area contributed by atoms with E-state index in [9.17, 15) is 18.0 Å². The molecule has 0 bridgehead atoms. The molecule has 29 heavy (non-hydrogen) atoms. The number of hydrogen-bond donors (Lipinski definition) is 0. The quantitative estimate of drug-likeness (QED) is 0.676. The highest BCUT2D eigenvalue weighted by Gasteiger charge is 2.30. The molecule has 0 atom stereocenters. The summed E-state index contributed by atoms with van der Waals surface area (Å²) in [5.41, 5.74) is 0.606. The van der Waals surface area contributed by atoms with E-state index in [1.165, 1.54) is 21.3 Å². The van der Waals surface area contributed by atoms with Crippen LogP contribution in [0.25, 0.3) is 0 Å². The first-order valence-electron chi connectivity index (χ1n) is 9.49. The predicted molar refractivity (Wildman–Crippen MR) is 109 cm³/mol. The van der Waals surface area contributed by atoms with Crippen LogP contribution in [0.1, 0.15) is 29.6 Å². The number of para-hydroxylation sites is 1. The van der Waals surface area contributed by atoms with E-state index in [4.69, 9.17) is 4.74 Å². The average Bonchev–Trinajstić information content (AvgIpc) is 2.77. The highest BCUT2D eigenvalue weighted by molar-refractivity contribution is 7.89. The molecule has 1 heterocycles. The zero-order valence-corrected chi connectivity index (χ0v) is 17.1. The van der Waals surface area contributed by atoms with Gasteiger partial charge >= 0.3 is 5.97 Å². The van der Waals surface area contributed by atoms with Crippen molar-refractivity contribution in [2.75, 3.05) is 31.6 Å². The summed E-state index contributed by atoms with van der Waals surface area (Å²) in [5, 5.41) is 0. The molecule has 7 nitrogen and oxygen atoms in total. The fourth-order valence-electron chi connectivity index (χ4n) is 3.20. The summed E-state index contributed by atoms with van der Waals surface area (Å²) in [6.07, 6.45) is 2.59. The maximum atomic E-state index is 13.0. The zero-order chi connectivity index (χ0) is 20.9. The van der Waals surface area contributed by atoms with Gasteiger partial charge in [0.25, 0.3) is 5.91 Å². The Labute approximate surface area is 170 Å². The summed E-state index contributed by atoms with van der Waals surface area (Å²) in [6, 6.07) is 14.9. The molecule has 1 fully saturated rings. The molecule has 1 aliphatic rings. The number of likely N-dealkylation sites (N-methyl/N-ethyl adjacent to an activating group) is 1. The van der Waals surface area contributed by atoms with Crippen LogP contribution < -0.4 is 4.90 Å². The van der Waals surface area contributed by atoms with Crippen molar-refractivity contribution in [1.29, 1.82) is 0 Å². The smallest absolute Gasteiger partial charge is 0.340 e. The number of hydrogen-bond acceptors (Lipinski definition) is 5. The lowest BCUT2D eigenvalue weighted by Gasteiger charge is -2.26. The van der Waals surface area contributed by atoms with Crippen LogP contribution in [-0.2, 0) is 19.6 Å². The van der Waals surface area contributed by atoms with Crippen molar-refractivity contribution in [2.45, 2.75) is 24.2 Å². The van der Waals surface area contributed by atoms with Gasteiger partial charge in [-0.15, -0.1) is 0 Å². The van der Waals surface area contributed by atoms with E-state index < -0.39 is 28.5 Å². The van der Waals surface area contributed by atoms with Crippen molar-refractivity contribution in [3.8, 4) is 0 Å². The SMILES string of the molecule is CN(C(=O)COC(=O)c1ccccc1S(=O)(=O)N1CCCCC1)c1ccccc1. The van der Waals surface area contributed by atoms with Crippen LogP contribution in [-0.4, -0.2) is 51.3 Å². The molecule has 0 saturated carbocycles. The monoisotopic (exact) mass is 416 g/mol. The maximum Gasteiger partial charge on any atom is 0.340 e. The fraction of sp³-hybridized carbons (Fsp3) is 0.333. The number of carbonyl (C=O) groups excluding carboxylic acids is 2. The van der Waals surface area contributed by atoms with E-state index in [1.807, 2.05) is 6.07 Å². The number of benzene rings is 2. The molecule has 2 aromatic rings. The molecule has 8 heteroatoms. The molecule has 0 radical (unpaired) electrons. The molecule has 0 unspecified atom stereocenters. The number of anilines is 1. The summed E-state index contributed by atoms with van der Waals surface area (Å²) in [6.45, 7) is 0.389. The van der Waals surface area contributed by atoms with Gasteiger partial charge in [-0.25, -0.2) is 13.2 Å². The Morgan fingerprint density at radius 1 is 0.966 bits per heavy atom. The summed E-state index contributed by atoms with van der Waals surface area (Å²) in [4.78, 5) is 26.2. The Balaban J connectivity index is 1.72. The standard InChI is InChI=1S/C21H24N2O5S/c1-22(17-10-4-2-5-11-17)20(24)16-28-21(25)18-12-6-7-13-19(18)29(26,27)23-14-8-3-9-15-23/h2,4-7,10-13H,3,8-9,14-16H2,1H3. The average molecular weight is 416 g/mol. The van der Waals surface area contributed by atoms with Crippen LogP contribution in [0.3, 0.4) is 0 Å². The molecule has 0 spiro atoms. The predicted octanol–water partition coefficient (Wildman–Crippen LogP) is 2.68. The van der Waals surface area contributed by atoms with Gasteiger partial charge in [-0.2, -0.15) is 4.31 Å². The topological polar surface area (TPSA) is 84.0 Å². The van der Waals surface area contributed by atoms with Gasteiger partial charge < -0.3 is 9.64 Å². The second-order valence-corrected chi connectivity index (χ2v) is 8.73. The summed E-state index contributed by atoms with van der Waals surface area (Å²) in [7, 11) is -2.21. The zero-order valence-electron chi connectivity index (χ0n) is 16.3. The van der Waals surface area contributed by atoms with Gasteiger partial charge in [0.2, 0.25) is 10.0 Å². The Hall–Kier alpha value is -2.71. The van der Waals surface area contributed by atoms with E-state index in [0.29, 0.717) is 18.8 Å². The van der Waals surface area contributed by atoms with Gasteiger partial charge in [0.05, 0.1) is 10.5 Å². The minimum absolute atomic E-state index is 0.0618. The molecule has 1 aliphatic heterocycles. The number of amides is 1. The van der Waals surface area contributed by atoms with Crippen LogP contribution in [0.2, 0.25) is 0 Å². The van der Waals surface area contributed by atoms with Gasteiger partial charge in [0, 0.05) is 25.8 Å². The van der Waals surface area contributed by atoms with Gasteiger partial charge in [-0.1, -0.05) is 36.8 Å². The van der Waals surface area contributed by atoms with Crippen molar-refractivity contribution in [1.82, 2.24) is 4.31 Å². The lowest BCUT2D eigenvalue weighted by Crippen LogP contribution is -2.36. The van der Waals surface area contributed by atoms with Crippen LogP contribution in [0.5, 0.6) is 0 Å². The fourth-order valence-corrected chi connectivity index (χ4v) is 4.90. The van der Waals surface area contributed by atoms with Gasteiger partial charge in [-0.05, 0) is 37.1 Å². The molecule has 1 amide bonds. The summed E-state index contributed by atoms with van der Waals surface area (Å²) < 4.78 is 32.5. The Bertz CT molecular complexity index is 970. The van der Waals surface area contributed by atoms with Crippen LogP contribution in [0.15, 0.2) is 59.5 Å². The number of nitrogens with zero attached hydrogens (tertiary/aromatic N) is 2. The first-order valence-corrected chi connectivity index (χ1v) is 10.9. The lowest BCUT2D eigenvalue weighted by molar-refractivity contribution is -0.121. The minimum Gasteiger partial charge on any atom is -0.452 e. The Morgan fingerprint density at radius 3 is 2.28 bits per heavy atom. The van der Waals surface area contributed by atoms with E-state index in [0.717, 1.165) is 19.3 Å². The molecule has 2 aromatic carbocycles.